The molecule has 0 spiro atoms. The van der Waals surface area contributed by atoms with Gasteiger partial charge in [-0.2, -0.15) is 0 Å². The molecule has 1 rings (SSSR count). The van der Waals surface area contributed by atoms with Gasteiger partial charge in [0.25, 0.3) is 0 Å². The molecule has 0 aliphatic rings. The van der Waals surface area contributed by atoms with Crippen LogP contribution in [-0.4, -0.2) is 36.9 Å². The second-order valence-corrected chi connectivity index (χ2v) is 5.05. The van der Waals surface area contributed by atoms with E-state index in [-0.39, 0.29) is 17.6 Å². The summed E-state index contributed by atoms with van der Waals surface area (Å²) in [7, 11) is 1.61. The van der Waals surface area contributed by atoms with Crippen LogP contribution in [0.1, 0.15) is 34.8 Å². The standard InChI is InChI=1S/C15H22N2O4/c1-9-7-12(8-13(11(9)3)14(18)19)17-15(20)16-10(2)5-6-21-4/h7-8,10H,5-6H2,1-4H3,(H,18,19)(H2,16,17,20). The van der Waals surface area contributed by atoms with Crippen LogP contribution < -0.4 is 10.6 Å². The molecule has 0 fully saturated rings. The average molecular weight is 294 g/mol. The molecule has 1 aromatic carbocycles. The molecular formula is C15H22N2O4. The van der Waals surface area contributed by atoms with Crippen molar-refractivity contribution in [2.75, 3.05) is 19.0 Å². The number of hydrogen-bond donors (Lipinski definition) is 3. The molecule has 0 saturated carbocycles. The normalized spacial score (nSPS) is 11.8. The molecule has 1 unspecified atom stereocenters. The monoisotopic (exact) mass is 294 g/mol. The van der Waals surface area contributed by atoms with Gasteiger partial charge in [-0.3, -0.25) is 0 Å². The molecule has 6 nitrogen and oxygen atoms in total. The van der Waals surface area contributed by atoms with E-state index < -0.39 is 5.97 Å². The zero-order valence-electron chi connectivity index (χ0n) is 12.8. The van der Waals surface area contributed by atoms with E-state index in [4.69, 9.17) is 9.84 Å². The van der Waals surface area contributed by atoms with E-state index in [1.165, 1.54) is 6.07 Å². The molecule has 116 valence electrons. The van der Waals surface area contributed by atoms with Gasteiger partial charge in [-0.15, -0.1) is 0 Å². The Hall–Kier alpha value is -2.08. The van der Waals surface area contributed by atoms with E-state index in [9.17, 15) is 9.59 Å². The van der Waals surface area contributed by atoms with Crippen LogP contribution in [0.4, 0.5) is 10.5 Å². The van der Waals surface area contributed by atoms with Crippen LogP contribution in [0.3, 0.4) is 0 Å². The van der Waals surface area contributed by atoms with Crippen molar-refractivity contribution in [3.05, 3.63) is 28.8 Å². The highest BCUT2D eigenvalue weighted by molar-refractivity contribution is 5.94. The second-order valence-electron chi connectivity index (χ2n) is 5.05. The zero-order chi connectivity index (χ0) is 16.0. The maximum absolute atomic E-state index is 11.9. The van der Waals surface area contributed by atoms with Gasteiger partial charge in [-0.05, 0) is 50.5 Å². The van der Waals surface area contributed by atoms with E-state index in [0.29, 0.717) is 24.3 Å². The Labute approximate surface area is 124 Å². The first kappa shape index (κ1) is 17.0. The molecule has 0 bridgehead atoms. The Kier molecular flexibility index (Phi) is 6.17. The molecule has 0 radical (unpaired) electrons. The number of anilines is 1. The Morgan fingerprint density at radius 1 is 1.33 bits per heavy atom. The number of carboxylic acids is 1. The smallest absolute Gasteiger partial charge is 0.336 e. The third kappa shape index (κ3) is 5.07. The van der Waals surface area contributed by atoms with Gasteiger partial charge in [0.2, 0.25) is 0 Å². The predicted molar refractivity (Wildman–Crippen MR) is 81.0 cm³/mol. The van der Waals surface area contributed by atoms with Crippen LogP contribution in [0.15, 0.2) is 12.1 Å². The largest absolute Gasteiger partial charge is 0.478 e. The number of aromatic carboxylic acids is 1. The van der Waals surface area contributed by atoms with Crippen molar-refractivity contribution in [3.63, 3.8) is 0 Å². The fraction of sp³-hybridized carbons (Fsp3) is 0.467. The van der Waals surface area contributed by atoms with Crippen LogP contribution in [0.5, 0.6) is 0 Å². The van der Waals surface area contributed by atoms with Gasteiger partial charge < -0.3 is 20.5 Å². The van der Waals surface area contributed by atoms with Crippen LogP contribution in [0.25, 0.3) is 0 Å². The number of urea groups is 1. The van der Waals surface area contributed by atoms with Gasteiger partial charge in [0.15, 0.2) is 0 Å². The molecule has 0 saturated heterocycles. The summed E-state index contributed by atoms with van der Waals surface area (Å²) >= 11 is 0. The summed E-state index contributed by atoms with van der Waals surface area (Å²) in [6.07, 6.45) is 0.706. The van der Waals surface area contributed by atoms with Crippen LogP contribution in [-0.2, 0) is 4.74 Å². The molecule has 21 heavy (non-hydrogen) atoms. The van der Waals surface area contributed by atoms with Crippen molar-refractivity contribution in [2.24, 2.45) is 0 Å². The van der Waals surface area contributed by atoms with Crippen molar-refractivity contribution < 1.29 is 19.4 Å². The van der Waals surface area contributed by atoms with Gasteiger partial charge in [-0.25, -0.2) is 9.59 Å². The number of benzene rings is 1. The van der Waals surface area contributed by atoms with Gasteiger partial charge in [0.05, 0.1) is 5.56 Å². The lowest BCUT2D eigenvalue weighted by molar-refractivity contribution is 0.0696. The highest BCUT2D eigenvalue weighted by Crippen LogP contribution is 2.20. The molecule has 3 N–H and O–H groups in total. The zero-order valence-corrected chi connectivity index (χ0v) is 12.8. The first-order chi connectivity index (χ1) is 9.85. The highest BCUT2D eigenvalue weighted by atomic mass is 16.5. The van der Waals surface area contributed by atoms with E-state index in [2.05, 4.69) is 10.6 Å². The maximum Gasteiger partial charge on any atom is 0.336 e. The van der Waals surface area contributed by atoms with Crippen molar-refractivity contribution >= 4 is 17.7 Å². The average Bonchev–Trinajstić information content (AvgIpc) is 2.39. The lowest BCUT2D eigenvalue weighted by Gasteiger charge is -2.15. The minimum atomic E-state index is -1.01. The number of ether oxygens (including phenoxy) is 1. The minimum absolute atomic E-state index is 0.0320. The summed E-state index contributed by atoms with van der Waals surface area (Å²) in [6.45, 7) is 6.00. The number of amides is 2. The summed E-state index contributed by atoms with van der Waals surface area (Å²) in [6, 6.07) is 2.82. The van der Waals surface area contributed by atoms with Crippen molar-refractivity contribution in [2.45, 2.75) is 33.2 Å². The second kappa shape index (κ2) is 7.64. The molecular weight excluding hydrogens is 272 g/mol. The third-order valence-electron chi connectivity index (χ3n) is 3.29. The van der Waals surface area contributed by atoms with Crippen molar-refractivity contribution in [1.29, 1.82) is 0 Å². The van der Waals surface area contributed by atoms with Crippen LogP contribution >= 0.6 is 0 Å². The fourth-order valence-corrected chi connectivity index (χ4v) is 1.91. The first-order valence-corrected chi connectivity index (χ1v) is 6.76. The van der Waals surface area contributed by atoms with Gasteiger partial charge in [0, 0.05) is 25.4 Å². The minimum Gasteiger partial charge on any atom is -0.478 e. The third-order valence-corrected chi connectivity index (χ3v) is 3.29. The first-order valence-electron chi connectivity index (χ1n) is 6.76. The quantitative estimate of drug-likeness (QED) is 0.752. The Morgan fingerprint density at radius 3 is 2.57 bits per heavy atom. The van der Waals surface area contributed by atoms with Gasteiger partial charge in [0.1, 0.15) is 0 Å². The van der Waals surface area contributed by atoms with Crippen molar-refractivity contribution in [3.8, 4) is 0 Å². The Morgan fingerprint density at radius 2 is 2.00 bits per heavy atom. The molecule has 0 aliphatic heterocycles. The van der Waals surface area contributed by atoms with Gasteiger partial charge in [-0.1, -0.05) is 0 Å². The maximum atomic E-state index is 11.9. The van der Waals surface area contributed by atoms with Crippen molar-refractivity contribution in [1.82, 2.24) is 5.32 Å². The molecule has 1 aromatic rings. The molecule has 6 heteroatoms. The lowest BCUT2D eigenvalue weighted by Crippen LogP contribution is -2.36. The number of hydrogen-bond acceptors (Lipinski definition) is 3. The van der Waals surface area contributed by atoms with E-state index >= 15 is 0 Å². The van der Waals surface area contributed by atoms with E-state index in [0.717, 1.165) is 5.56 Å². The Bertz CT molecular complexity index is 529. The van der Waals surface area contributed by atoms with E-state index in [1.807, 2.05) is 13.8 Å². The van der Waals surface area contributed by atoms with Crippen LogP contribution in [0, 0.1) is 13.8 Å². The summed E-state index contributed by atoms with van der Waals surface area (Å²) in [5, 5.41) is 14.6. The summed E-state index contributed by atoms with van der Waals surface area (Å²) in [5.74, 6) is -1.01. The van der Waals surface area contributed by atoms with Gasteiger partial charge >= 0.3 is 12.0 Å². The predicted octanol–water partition coefficient (Wildman–Crippen LogP) is 2.55. The summed E-state index contributed by atoms with van der Waals surface area (Å²) < 4.78 is 4.95. The highest BCUT2D eigenvalue weighted by Gasteiger charge is 2.13. The molecule has 1 atom stereocenters. The Balaban J connectivity index is 2.74. The molecule has 0 aliphatic carbocycles. The summed E-state index contributed by atoms with van der Waals surface area (Å²) in [4.78, 5) is 23.0. The molecule has 2 amide bonds. The van der Waals surface area contributed by atoms with Crippen LogP contribution in [0.2, 0.25) is 0 Å². The molecule has 0 aromatic heterocycles. The SMILES string of the molecule is COCCC(C)NC(=O)Nc1cc(C)c(C)c(C(=O)O)c1. The number of rotatable bonds is 6. The number of carbonyl (C=O) groups is 2. The number of nitrogens with one attached hydrogen (secondary N) is 2. The summed E-state index contributed by atoms with van der Waals surface area (Å²) in [5.41, 5.74) is 2.17. The van der Waals surface area contributed by atoms with E-state index in [1.54, 1.807) is 20.1 Å². The topological polar surface area (TPSA) is 87.7 Å². The lowest BCUT2D eigenvalue weighted by atomic mass is 10.0. The number of carboxylic acid groups (broad SMARTS) is 1. The number of carbonyl (C=O) groups excluding carboxylic acids is 1. The fourth-order valence-electron chi connectivity index (χ4n) is 1.91. The molecule has 0 heterocycles. The number of aryl methyl sites for hydroxylation is 1. The number of methoxy groups -OCH3 is 1.